The van der Waals surface area contributed by atoms with Gasteiger partial charge in [-0.05, 0) is 39.5 Å². The number of esters is 1. The summed E-state index contributed by atoms with van der Waals surface area (Å²) in [6, 6.07) is 0.193. The number of nitrogens with two attached hydrogens (primary N) is 1. The van der Waals surface area contributed by atoms with Gasteiger partial charge in [0.25, 0.3) is 0 Å². The van der Waals surface area contributed by atoms with E-state index in [1.54, 1.807) is 0 Å². The Morgan fingerprint density at radius 1 is 1.37 bits per heavy atom. The summed E-state index contributed by atoms with van der Waals surface area (Å²) >= 11 is 0. The van der Waals surface area contributed by atoms with Gasteiger partial charge in [-0.1, -0.05) is 19.8 Å². The maximum Gasteiger partial charge on any atom is 0.320 e. The molecule has 0 amide bonds. The molecular weight excluding hydrogens is 240 g/mol. The van der Waals surface area contributed by atoms with Gasteiger partial charge in [-0.15, -0.1) is 0 Å². The van der Waals surface area contributed by atoms with Crippen LogP contribution in [-0.4, -0.2) is 42.1 Å². The molecule has 2 atom stereocenters. The summed E-state index contributed by atoms with van der Waals surface area (Å²) in [6.07, 6.45) is 4.77. The molecule has 0 saturated carbocycles. The van der Waals surface area contributed by atoms with E-state index in [4.69, 9.17) is 10.5 Å². The van der Waals surface area contributed by atoms with Gasteiger partial charge in [0.05, 0.1) is 6.54 Å². The third-order valence-electron chi connectivity index (χ3n) is 3.38. The van der Waals surface area contributed by atoms with Gasteiger partial charge in [0.2, 0.25) is 0 Å². The van der Waals surface area contributed by atoms with Gasteiger partial charge in [-0.25, -0.2) is 0 Å². The molecule has 2 N–H and O–H groups in total. The maximum absolute atomic E-state index is 11.8. The van der Waals surface area contributed by atoms with Crippen molar-refractivity contribution < 1.29 is 9.53 Å². The Morgan fingerprint density at radius 3 is 2.63 bits per heavy atom. The molecule has 0 aromatic carbocycles. The van der Waals surface area contributed by atoms with Crippen molar-refractivity contribution in [1.29, 1.82) is 0 Å². The minimum absolute atomic E-state index is 0.143. The Bertz CT molecular complexity index is 286. The van der Waals surface area contributed by atoms with Crippen LogP contribution < -0.4 is 5.73 Å². The molecule has 4 heteroatoms. The van der Waals surface area contributed by atoms with Crippen molar-refractivity contribution >= 4 is 5.97 Å². The number of nitrogens with zero attached hydrogens (tertiary/aromatic N) is 1. The highest BCUT2D eigenvalue weighted by atomic mass is 16.6. The number of rotatable bonds is 5. The van der Waals surface area contributed by atoms with Crippen molar-refractivity contribution in [3.63, 3.8) is 0 Å². The molecule has 1 fully saturated rings. The van der Waals surface area contributed by atoms with E-state index >= 15 is 0 Å². The van der Waals surface area contributed by atoms with Crippen molar-refractivity contribution in [3.05, 3.63) is 0 Å². The second kappa shape index (κ2) is 7.25. The van der Waals surface area contributed by atoms with Crippen LogP contribution in [0.25, 0.3) is 0 Å². The first kappa shape index (κ1) is 16.4. The van der Waals surface area contributed by atoms with Crippen LogP contribution in [0.3, 0.4) is 0 Å². The van der Waals surface area contributed by atoms with Crippen molar-refractivity contribution in [2.24, 2.45) is 11.7 Å². The predicted molar refractivity (Wildman–Crippen MR) is 77.9 cm³/mol. The molecule has 0 spiro atoms. The molecule has 0 aliphatic carbocycles. The molecule has 4 nitrogen and oxygen atoms in total. The third kappa shape index (κ3) is 6.92. The first-order valence-electron chi connectivity index (χ1n) is 7.50. The van der Waals surface area contributed by atoms with Crippen molar-refractivity contribution in [1.82, 2.24) is 4.90 Å². The molecule has 1 rings (SSSR count). The minimum Gasteiger partial charge on any atom is -0.459 e. The lowest BCUT2D eigenvalue weighted by molar-refractivity contribution is -0.156. The molecular formula is C15H30N2O2. The van der Waals surface area contributed by atoms with E-state index in [9.17, 15) is 4.79 Å². The van der Waals surface area contributed by atoms with Gasteiger partial charge in [-0.3, -0.25) is 9.69 Å². The van der Waals surface area contributed by atoms with E-state index < -0.39 is 5.60 Å². The van der Waals surface area contributed by atoms with Crippen LogP contribution in [0.5, 0.6) is 0 Å². The molecule has 0 aromatic heterocycles. The molecule has 1 heterocycles. The lowest BCUT2D eigenvalue weighted by atomic mass is 9.90. The topological polar surface area (TPSA) is 55.6 Å². The van der Waals surface area contributed by atoms with Crippen molar-refractivity contribution in [2.75, 3.05) is 19.6 Å². The Morgan fingerprint density at radius 2 is 2.05 bits per heavy atom. The van der Waals surface area contributed by atoms with Crippen LogP contribution >= 0.6 is 0 Å². The number of unbranched alkanes of at least 4 members (excludes halogenated alkanes) is 1. The van der Waals surface area contributed by atoms with Gasteiger partial charge in [0.1, 0.15) is 5.60 Å². The van der Waals surface area contributed by atoms with E-state index in [0.29, 0.717) is 12.5 Å². The lowest BCUT2D eigenvalue weighted by Gasteiger charge is -2.36. The highest BCUT2D eigenvalue weighted by Crippen LogP contribution is 2.21. The summed E-state index contributed by atoms with van der Waals surface area (Å²) in [7, 11) is 0. The van der Waals surface area contributed by atoms with Crippen molar-refractivity contribution in [3.8, 4) is 0 Å². The van der Waals surface area contributed by atoms with Crippen LogP contribution in [0.1, 0.15) is 53.4 Å². The largest absolute Gasteiger partial charge is 0.459 e. The highest BCUT2D eigenvalue weighted by molar-refractivity contribution is 5.72. The first-order chi connectivity index (χ1) is 8.80. The van der Waals surface area contributed by atoms with Crippen LogP contribution in [0.15, 0.2) is 0 Å². The molecule has 0 bridgehead atoms. The standard InChI is InChI=1S/C15H30N2O2/c1-5-6-7-12-8-13(16)10-17(9-12)11-14(18)19-15(2,3)4/h12-13H,5-11,16H2,1-4H3. The van der Waals surface area contributed by atoms with Crippen LogP contribution in [0.4, 0.5) is 0 Å². The third-order valence-corrected chi connectivity index (χ3v) is 3.38. The fourth-order valence-electron chi connectivity index (χ4n) is 2.74. The zero-order chi connectivity index (χ0) is 14.5. The van der Waals surface area contributed by atoms with E-state index in [0.717, 1.165) is 19.5 Å². The SMILES string of the molecule is CCCCC1CC(N)CN(CC(=O)OC(C)(C)C)C1. The van der Waals surface area contributed by atoms with Gasteiger partial charge >= 0.3 is 5.97 Å². The van der Waals surface area contributed by atoms with Gasteiger partial charge < -0.3 is 10.5 Å². The lowest BCUT2D eigenvalue weighted by Crippen LogP contribution is -2.49. The summed E-state index contributed by atoms with van der Waals surface area (Å²) in [5.74, 6) is 0.488. The monoisotopic (exact) mass is 270 g/mol. The summed E-state index contributed by atoms with van der Waals surface area (Å²) < 4.78 is 5.37. The minimum atomic E-state index is -0.406. The smallest absolute Gasteiger partial charge is 0.320 e. The number of carbonyl (C=O) groups excluding carboxylic acids is 1. The fourth-order valence-corrected chi connectivity index (χ4v) is 2.74. The Labute approximate surface area is 117 Å². The normalized spacial score (nSPS) is 25.3. The Hall–Kier alpha value is -0.610. The number of hydrogen-bond acceptors (Lipinski definition) is 4. The van der Waals surface area contributed by atoms with Gasteiger partial charge in [0.15, 0.2) is 0 Å². The highest BCUT2D eigenvalue weighted by Gasteiger charge is 2.27. The van der Waals surface area contributed by atoms with E-state index in [1.807, 2.05) is 20.8 Å². The second-order valence-electron chi connectivity index (χ2n) is 6.78. The number of carbonyl (C=O) groups is 1. The number of likely N-dealkylation sites (tertiary alicyclic amines) is 1. The quantitative estimate of drug-likeness (QED) is 0.778. The predicted octanol–water partition coefficient (Wildman–Crippen LogP) is 2.17. The van der Waals surface area contributed by atoms with Crippen LogP contribution in [0, 0.1) is 5.92 Å². The first-order valence-corrected chi connectivity index (χ1v) is 7.50. The number of piperidine rings is 1. The Balaban J connectivity index is 2.42. The maximum atomic E-state index is 11.8. The second-order valence-corrected chi connectivity index (χ2v) is 6.78. The zero-order valence-corrected chi connectivity index (χ0v) is 12.9. The average Bonchev–Trinajstić information content (AvgIpc) is 2.22. The van der Waals surface area contributed by atoms with E-state index in [2.05, 4.69) is 11.8 Å². The van der Waals surface area contributed by atoms with Crippen LogP contribution in [-0.2, 0) is 9.53 Å². The number of hydrogen-bond donors (Lipinski definition) is 1. The Kier molecular flexibility index (Phi) is 6.27. The molecule has 1 aliphatic rings. The van der Waals surface area contributed by atoms with Gasteiger partial charge in [-0.2, -0.15) is 0 Å². The average molecular weight is 270 g/mol. The van der Waals surface area contributed by atoms with Crippen molar-refractivity contribution in [2.45, 2.75) is 65.0 Å². The zero-order valence-electron chi connectivity index (χ0n) is 12.9. The number of ether oxygens (including phenoxy) is 1. The fraction of sp³-hybridized carbons (Fsp3) is 0.933. The summed E-state index contributed by atoms with van der Waals surface area (Å²) in [4.78, 5) is 14.0. The molecule has 112 valence electrons. The molecule has 2 unspecified atom stereocenters. The summed E-state index contributed by atoms with van der Waals surface area (Å²) in [5.41, 5.74) is 5.69. The molecule has 1 saturated heterocycles. The van der Waals surface area contributed by atoms with Gasteiger partial charge in [0, 0.05) is 19.1 Å². The van der Waals surface area contributed by atoms with E-state index in [1.165, 1.54) is 19.3 Å². The van der Waals surface area contributed by atoms with E-state index in [-0.39, 0.29) is 12.0 Å². The summed E-state index contributed by atoms with van der Waals surface area (Å²) in [6.45, 7) is 10.1. The van der Waals surface area contributed by atoms with Crippen LogP contribution in [0.2, 0.25) is 0 Å². The molecule has 0 radical (unpaired) electrons. The summed E-state index contributed by atoms with van der Waals surface area (Å²) in [5, 5.41) is 0. The molecule has 0 aromatic rings. The molecule has 1 aliphatic heterocycles. The molecule has 19 heavy (non-hydrogen) atoms.